The molecule has 0 bridgehead atoms. The number of ether oxygens (including phenoxy) is 1. The molecule has 1 N–H and O–H groups in total. The van der Waals surface area contributed by atoms with Crippen molar-refractivity contribution in [1.29, 1.82) is 0 Å². The normalized spacial score (nSPS) is 20.6. The van der Waals surface area contributed by atoms with Crippen molar-refractivity contribution in [3.63, 3.8) is 0 Å². The number of rotatable bonds is 5. The zero-order valence-electron chi connectivity index (χ0n) is 17.0. The Balaban J connectivity index is 1.89. The van der Waals surface area contributed by atoms with E-state index in [4.69, 9.17) is 4.74 Å². The Morgan fingerprint density at radius 3 is 2.52 bits per heavy atom. The van der Waals surface area contributed by atoms with Gasteiger partial charge in [0.15, 0.2) is 11.5 Å². The number of aromatic nitrogens is 1. The third-order valence-electron chi connectivity index (χ3n) is 5.39. The molecule has 8 nitrogen and oxygen atoms in total. The van der Waals surface area contributed by atoms with Crippen molar-refractivity contribution in [2.75, 3.05) is 19.7 Å². The van der Waals surface area contributed by atoms with Crippen LogP contribution < -0.4 is 0 Å². The highest BCUT2D eigenvalue weighted by Crippen LogP contribution is 2.41. The maximum atomic E-state index is 13.0. The molecule has 29 heavy (non-hydrogen) atoms. The zero-order chi connectivity index (χ0) is 21.1. The summed E-state index contributed by atoms with van der Waals surface area (Å²) < 4.78 is 5.05. The highest BCUT2D eigenvalue weighted by atomic mass is 16.6. The predicted octanol–water partition coefficient (Wildman–Crippen LogP) is 2.62. The minimum absolute atomic E-state index is 0.108. The molecule has 0 aliphatic carbocycles. The van der Waals surface area contributed by atoms with Gasteiger partial charge >= 0.3 is 6.09 Å². The van der Waals surface area contributed by atoms with Crippen molar-refractivity contribution in [1.82, 2.24) is 14.8 Å². The van der Waals surface area contributed by atoms with E-state index in [0.717, 1.165) is 0 Å². The zero-order valence-corrected chi connectivity index (χ0v) is 17.0. The molecule has 2 aliphatic rings. The Bertz CT molecular complexity index is 813. The van der Waals surface area contributed by atoms with Gasteiger partial charge in [0.1, 0.15) is 6.04 Å². The molecular formula is C21H27N3O5. The number of carbonyl (C=O) groups excluding carboxylic acids is 3. The summed E-state index contributed by atoms with van der Waals surface area (Å²) >= 11 is 0. The van der Waals surface area contributed by atoms with Gasteiger partial charge in [0, 0.05) is 31.2 Å². The predicted molar refractivity (Wildman–Crippen MR) is 105 cm³/mol. The number of piperidine rings is 1. The summed E-state index contributed by atoms with van der Waals surface area (Å²) in [5.41, 5.74) is 0.651. The molecule has 1 atom stereocenters. The molecular weight excluding hydrogens is 374 g/mol. The number of Topliss-reactive ketones (excluding diaryl/α,β-unsaturated/α-hetero) is 1. The van der Waals surface area contributed by atoms with Crippen molar-refractivity contribution < 1.29 is 24.2 Å². The summed E-state index contributed by atoms with van der Waals surface area (Å²) in [6, 6.07) is 4.36. The van der Waals surface area contributed by atoms with Crippen LogP contribution in [0.3, 0.4) is 0 Å². The van der Waals surface area contributed by atoms with Crippen LogP contribution in [0.4, 0.5) is 4.79 Å². The fraction of sp³-hybridized carbons (Fsp3) is 0.524. The summed E-state index contributed by atoms with van der Waals surface area (Å²) in [7, 11) is 0. The Kier molecular flexibility index (Phi) is 6.20. The van der Waals surface area contributed by atoms with Gasteiger partial charge in [0.2, 0.25) is 0 Å². The molecule has 0 radical (unpaired) electrons. The van der Waals surface area contributed by atoms with Crippen LogP contribution in [0.2, 0.25) is 0 Å². The van der Waals surface area contributed by atoms with E-state index in [1.54, 1.807) is 55.0 Å². The third kappa shape index (κ3) is 3.97. The van der Waals surface area contributed by atoms with Crippen LogP contribution in [-0.2, 0) is 14.3 Å². The van der Waals surface area contributed by atoms with Gasteiger partial charge in [-0.05, 0) is 31.9 Å². The summed E-state index contributed by atoms with van der Waals surface area (Å²) in [5, 5.41) is 10.6. The number of aliphatic hydroxyl groups is 1. The Morgan fingerprint density at radius 1 is 1.28 bits per heavy atom. The molecule has 0 saturated carbocycles. The average molecular weight is 401 g/mol. The number of aliphatic hydroxyl groups excluding tert-OH is 1. The molecule has 156 valence electrons. The lowest BCUT2D eigenvalue weighted by atomic mass is 9.92. The van der Waals surface area contributed by atoms with Gasteiger partial charge < -0.3 is 19.6 Å². The summed E-state index contributed by atoms with van der Waals surface area (Å²) in [6.07, 6.45) is 2.31. The van der Waals surface area contributed by atoms with E-state index >= 15 is 0 Å². The van der Waals surface area contributed by atoms with Gasteiger partial charge in [-0.3, -0.25) is 14.6 Å². The number of pyridine rings is 1. The fourth-order valence-corrected chi connectivity index (χ4v) is 3.93. The van der Waals surface area contributed by atoms with Crippen molar-refractivity contribution in [2.24, 2.45) is 5.92 Å². The highest BCUT2D eigenvalue weighted by Gasteiger charge is 2.48. The lowest BCUT2D eigenvalue weighted by Gasteiger charge is -2.39. The minimum atomic E-state index is -0.724. The number of likely N-dealkylation sites (tertiary alicyclic amines) is 1. The topological polar surface area (TPSA) is 100 Å². The molecule has 1 saturated heterocycles. The van der Waals surface area contributed by atoms with Crippen LogP contribution in [-0.4, -0.2) is 63.4 Å². The van der Waals surface area contributed by atoms with E-state index in [9.17, 15) is 19.5 Å². The number of hydrogen-bond acceptors (Lipinski definition) is 6. The lowest BCUT2D eigenvalue weighted by molar-refractivity contribution is -0.132. The highest BCUT2D eigenvalue weighted by molar-refractivity contribution is 6.09. The van der Waals surface area contributed by atoms with E-state index < -0.39 is 17.7 Å². The SMILES string of the molecule is CCOC(=O)N1CCC(N2C(=O)C(O)=C(C(=O)C(C)C)C2c2ccccn2)CC1. The van der Waals surface area contributed by atoms with E-state index in [1.165, 1.54) is 0 Å². The number of ketones is 1. The monoisotopic (exact) mass is 401 g/mol. The molecule has 1 aromatic rings. The molecule has 8 heteroatoms. The van der Waals surface area contributed by atoms with Gasteiger partial charge in [-0.15, -0.1) is 0 Å². The molecule has 0 spiro atoms. The fourth-order valence-electron chi connectivity index (χ4n) is 3.93. The van der Waals surface area contributed by atoms with Gasteiger partial charge in [-0.25, -0.2) is 4.79 Å². The van der Waals surface area contributed by atoms with Crippen molar-refractivity contribution in [2.45, 2.75) is 45.7 Å². The molecule has 1 fully saturated rings. The Morgan fingerprint density at radius 2 is 1.97 bits per heavy atom. The molecule has 1 unspecified atom stereocenters. The quantitative estimate of drug-likeness (QED) is 0.814. The summed E-state index contributed by atoms with van der Waals surface area (Å²) in [4.78, 5) is 45.3. The van der Waals surface area contributed by atoms with Crippen LogP contribution >= 0.6 is 0 Å². The van der Waals surface area contributed by atoms with E-state index in [0.29, 0.717) is 38.2 Å². The first kappa shape index (κ1) is 20.8. The van der Waals surface area contributed by atoms with Crippen molar-refractivity contribution >= 4 is 17.8 Å². The van der Waals surface area contributed by atoms with Crippen LogP contribution in [0.15, 0.2) is 35.7 Å². The van der Waals surface area contributed by atoms with Crippen molar-refractivity contribution in [3.8, 4) is 0 Å². The van der Waals surface area contributed by atoms with Crippen LogP contribution in [0.25, 0.3) is 0 Å². The van der Waals surface area contributed by atoms with Gasteiger partial charge in [0.25, 0.3) is 5.91 Å². The number of hydrogen-bond donors (Lipinski definition) is 1. The van der Waals surface area contributed by atoms with Crippen LogP contribution in [0.1, 0.15) is 45.3 Å². The summed E-state index contributed by atoms with van der Waals surface area (Å²) in [5.74, 6) is -1.68. The second kappa shape index (κ2) is 8.63. The molecule has 3 rings (SSSR count). The van der Waals surface area contributed by atoms with E-state index in [-0.39, 0.29) is 29.4 Å². The second-order valence-electron chi connectivity index (χ2n) is 7.57. The minimum Gasteiger partial charge on any atom is -0.503 e. The van der Waals surface area contributed by atoms with Crippen LogP contribution in [0.5, 0.6) is 0 Å². The first-order valence-corrected chi connectivity index (χ1v) is 9.99. The van der Waals surface area contributed by atoms with Gasteiger partial charge in [-0.1, -0.05) is 19.9 Å². The number of amides is 2. The maximum absolute atomic E-state index is 13.0. The van der Waals surface area contributed by atoms with Gasteiger partial charge in [0.05, 0.1) is 17.9 Å². The molecule has 3 heterocycles. The van der Waals surface area contributed by atoms with E-state index in [2.05, 4.69) is 4.98 Å². The number of nitrogens with zero attached hydrogens (tertiary/aromatic N) is 3. The maximum Gasteiger partial charge on any atom is 0.409 e. The number of carbonyl (C=O) groups is 3. The molecule has 0 aromatic carbocycles. The Labute approximate surface area is 170 Å². The first-order chi connectivity index (χ1) is 13.9. The average Bonchev–Trinajstić information content (AvgIpc) is 2.99. The molecule has 2 amide bonds. The summed E-state index contributed by atoms with van der Waals surface area (Å²) in [6.45, 7) is 6.43. The van der Waals surface area contributed by atoms with Crippen molar-refractivity contribution in [3.05, 3.63) is 41.4 Å². The molecule has 1 aromatic heterocycles. The second-order valence-corrected chi connectivity index (χ2v) is 7.57. The largest absolute Gasteiger partial charge is 0.503 e. The van der Waals surface area contributed by atoms with Crippen LogP contribution in [0, 0.1) is 5.92 Å². The molecule has 2 aliphatic heterocycles. The van der Waals surface area contributed by atoms with Gasteiger partial charge in [-0.2, -0.15) is 0 Å². The standard InChI is InChI=1S/C21H27N3O5/c1-4-29-21(28)23-11-8-14(9-12-23)24-17(15-7-5-6-10-22-15)16(18(25)13(2)3)19(26)20(24)27/h5-7,10,13-14,17,26H,4,8-9,11-12H2,1-3H3. The van der Waals surface area contributed by atoms with E-state index in [1.807, 2.05) is 0 Å². The first-order valence-electron chi connectivity index (χ1n) is 9.99. The lowest BCUT2D eigenvalue weighted by Crippen LogP contribution is -2.49. The Hall–Kier alpha value is -2.90. The third-order valence-corrected chi connectivity index (χ3v) is 5.39. The smallest absolute Gasteiger partial charge is 0.409 e.